The minimum Gasteiger partial charge on any atom is -0.339 e. The lowest BCUT2D eigenvalue weighted by Gasteiger charge is -2.15. The number of hydrogen-bond acceptors (Lipinski definition) is 6. The van der Waals surface area contributed by atoms with E-state index < -0.39 is 0 Å². The third-order valence-electron chi connectivity index (χ3n) is 5.18. The van der Waals surface area contributed by atoms with Gasteiger partial charge in [-0.15, -0.1) is 11.3 Å². The van der Waals surface area contributed by atoms with Gasteiger partial charge in [-0.25, -0.2) is 15.0 Å². The summed E-state index contributed by atoms with van der Waals surface area (Å²) in [5, 5.41) is 3.48. The molecule has 0 bridgehead atoms. The molecule has 0 amide bonds. The molecule has 1 unspecified atom stereocenters. The third-order valence-corrected chi connectivity index (χ3v) is 6.41. The molecule has 1 atom stereocenters. The van der Waals surface area contributed by atoms with Gasteiger partial charge in [-0.1, -0.05) is 36.4 Å². The second-order valence-corrected chi connectivity index (χ2v) is 8.23. The van der Waals surface area contributed by atoms with Crippen LogP contribution < -0.4 is 10.6 Å². The van der Waals surface area contributed by atoms with Gasteiger partial charge >= 0.3 is 0 Å². The van der Waals surface area contributed by atoms with Crippen molar-refractivity contribution < 1.29 is 0 Å². The van der Waals surface area contributed by atoms with Crippen molar-refractivity contribution in [2.75, 3.05) is 18.0 Å². The minimum absolute atomic E-state index is 0.205. The van der Waals surface area contributed by atoms with Crippen LogP contribution in [0.15, 0.2) is 54.7 Å². The van der Waals surface area contributed by atoms with Gasteiger partial charge in [0.2, 0.25) is 5.95 Å². The molecule has 0 radical (unpaired) electrons. The number of rotatable bonds is 3. The van der Waals surface area contributed by atoms with Crippen molar-refractivity contribution in [2.45, 2.75) is 19.4 Å². The quantitative estimate of drug-likeness (QED) is 0.569. The van der Waals surface area contributed by atoms with E-state index in [0.29, 0.717) is 0 Å². The fourth-order valence-electron chi connectivity index (χ4n) is 3.68. The average molecular weight is 388 g/mol. The SMILES string of the molecule is Cc1nc(-c2ccc3ccccc3c2)sc1-c1ccnc(N2CCC(N)C2)n1. The lowest BCUT2D eigenvalue weighted by molar-refractivity contribution is 0.750. The Balaban J connectivity index is 1.51. The summed E-state index contributed by atoms with van der Waals surface area (Å²) in [5.41, 5.74) is 9.09. The Kier molecular flexibility index (Phi) is 4.30. The highest BCUT2D eigenvalue weighted by Crippen LogP contribution is 2.35. The predicted octanol–water partition coefficient (Wildman–Crippen LogP) is 4.27. The standard InChI is InChI=1S/C22H21N5S/c1-14-20(19-8-10-24-22(26-19)27-11-9-18(23)13-27)28-21(25-14)17-7-6-15-4-2-3-5-16(15)12-17/h2-8,10,12,18H,9,11,13,23H2,1H3. The molecule has 1 fully saturated rings. The number of hydrogen-bond donors (Lipinski definition) is 1. The van der Waals surface area contributed by atoms with Gasteiger partial charge in [-0.2, -0.15) is 0 Å². The normalized spacial score (nSPS) is 16.8. The molecule has 5 nitrogen and oxygen atoms in total. The summed E-state index contributed by atoms with van der Waals surface area (Å²) in [7, 11) is 0. The highest BCUT2D eigenvalue weighted by Gasteiger charge is 2.22. The topological polar surface area (TPSA) is 67.9 Å². The zero-order valence-corrected chi connectivity index (χ0v) is 16.5. The monoisotopic (exact) mass is 387 g/mol. The van der Waals surface area contributed by atoms with Crippen molar-refractivity contribution in [3.8, 4) is 21.1 Å². The summed E-state index contributed by atoms with van der Waals surface area (Å²) in [6.07, 6.45) is 2.82. The Morgan fingerprint density at radius 2 is 1.93 bits per heavy atom. The molecule has 140 valence electrons. The molecule has 5 rings (SSSR count). The summed E-state index contributed by atoms with van der Waals surface area (Å²) in [6, 6.07) is 17.1. The van der Waals surface area contributed by atoms with E-state index in [0.717, 1.165) is 52.3 Å². The van der Waals surface area contributed by atoms with Gasteiger partial charge in [0.05, 0.1) is 16.3 Å². The summed E-state index contributed by atoms with van der Waals surface area (Å²) >= 11 is 1.68. The lowest BCUT2D eigenvalue weighted by Crippen LogP contribution is -2.27. The smallest absolute Gasteiger partial charge is 0.225 e. The van der Waals surface area contributed by atoms with Crippen molar-refractivity contribution >= 4 is 28.1 Å². The van der Waals surface area contributed by atoms with E-state index in [1.54, 1.807) is 11.3 Å². The molecular weight excluding hydrogens is 366 g/mol. The van der Waals surface area contributed by atoms with Crippen molar-refractivity contribution in [1.82, 2.24) is 15.0 Å². The molecule has 1 aliphatic heterocycles. The zero-order chi connectivity index (χ0) is 19.1. The molecule has 28 heavy (non-hydrogen) atoms. The Morgan fingerprint density at radius 3 is 2.75 bits per heavy atom. The molecule has 2 aromatic carbocycles. The number of nitrogens with two attached hydrogens (primary N) is 1. The number of aromatic nitrogens is 3. The van der Waals surface area contributed by atoms with Crippen molar-refractivity contribution in [2.24, 2.45) is 5.73 Å². The summed E-state index contributed by atoms with van der Waals surface area (Å²) in [6.45, 7) is 3.77. The van der Waals surface area contributed by atoms with Crippen LogP contribution in [0.5, 0.6) is 0 Å². The maximum atomic E-state index is 6.04. The molecule has 0 spiro atoms. The number of aryl methyl sites for hydroxylation is 1. The van der Waals surface area contributed by atoms with Crippen LogP contribution in [0, 0.1) is 6.92 Å². The maximum absolute atomic E-state index is 6.04. The van der Waals surface area contributed by atoms with E-state index in [1.807, 2.05) is 19.2 Å². The van der Waals surface area contributed by atoms with E-state index in [4.69, 9.17) is 15.7 Å². The second-order valence-electron chi connectivity index (χ2n) is 7.23. The molecule has 4 aromatic rings. The van der Waals surface area contributed by atoms with Crippen molar-refractivity contribution in [3.63, 3.8) is 0 Å². The van der Waals surface area contributed by atoms with Crippen LogP contribution in [0.2, 0.25) is 0 Å². The van der Waals surface area contributed by atoms with Crippen LogP contribution in [0.4, 0.5) is 5.95 Å². The minimum atomic E-state index is 0.205. The Labute approximate surface area is 167 Å². The molecule has 2 N–H and O–H groups in total. The van der Waals surface area contributed by atoms with Gasteiger partial charge in [0, 0.05) is 30.9 Å². The number of thiazole rings is 1. The Bertz CT molecular complexity index is 1150. The first-order valence-corrected chi connectivity index (χ1v) is 10.3. The molecule has 1 saturated heterocycles. The molecule has 2 aromatic heterocycles. The zero-order valence-electron chi connectivity index (χ0n) is 15.7. The molecule has 6 heteroatoms. The first kappa shape index (κ1) is 17.3. The maximum Gasteiger partial charge on any atom is 0.225 e. The van der Waals surface area contributed by atoms with Crippen molar-refractivity contribution in [1.29, 1.82) is 0 Å². The van der Waals surface area contributed by atoms with Crippen LogP contribution in [0.3, 0.4) is 0 Å². The van der Waals surface area contributed by atoms with Gasteiger partial charge in [0.1, 0.15) is 5.01 Å². The Hall–Kier alpha value is -2.83. The highest BCUT2D eigenvalue weighted by molar-refractivity contribution is 7.18. The molecule has 0 saturated carbocycles. The van der Waals surface area contributed by atoms with Gasteiger partial charge < -0.3 is 10.6 Å². The van der Waals surface area contributed by atoms with Crippen molar-refractivity contribution in [3.05, 3.63) is 60.4 Å². The average Bonchev–Trinajstić information content (AvgIpc) is 3.33. The summed E-state index contributed by atoms with van der Waals surface area (Å²) < 4.78 is 0. The second kappa shape index (κ2) is 6.96. The third kappa shape index (κ3) is 3.15. The van der Waals surface area contributed by atoms with E-state index in [1.165, 1.54) is 10.8 Å². The number of fused-ring (bicyclic) bond motifs is 1. The van der Waals surface area contributed by atoms with E-state index >= 15 is 0 Å². The largest absolute Gasteiger partial charge is 0.339 e. The Morgan fingerprint density at radius 1 is 1.07 bits per heavy atom. The number of anilines is 1. The molecule has 3 heterocycles. The van der Waals surface area contributed by atoms with Gasteiger partial charge in [0.25, 0.3) is 0 Å². The van der Waals surface area contributed by atoms with Crippen LogP contribution in [0.25, 0.3) is 31.9 Å². The van der Waals surface area contributed by atoms with Gasteiger partial charge in [-0.3, -0.25) is 0 Å². The summed E-state index contributed by atoms with van der Waals surface area (Å²) in [4.78, 5) is 17.3. The van der Waals surface area contributed by atoms with Gasteiger partial charge in [-0.05, 0) is 36.2 Å². The van der Waals surface area contributed by atoms with Crippen LogP contribution in [0.1, 0.15) is 12.1 Å². The fourth-order valence-corrected chi connectivity index (χ4v) is 4.71. The lowest BCUT2D eigenvalue weighted by atomic mass is 10.1. The van der Waals surface area contributed by atoms with E-state index in [2.05, 4.69) is 52.3 Å². The first-order chi connectivity index (χ1) is 13.7. The van der Waals surface area contributed by atoms with E-state index in [9.17, 15) is 0 Å². The number of nitrogens with zero attached hydrogens (tertiary/aromatic N) is 4. The van der Waals surface area contributed by atoms with Crippen LogP contribution in [-0.4, -0.2) is 34.1 Å². The highest BCUT2D eigenvalue weighted by atomic mass is 32.1. The predicted molar refractivity (Wildman–Crippen MR) is 116 cm³/mol. The fraction of sp³-hybridized carbons (Fsp3) is 0.227. The van der Waals surface area contributed by atoms with Crippen LogP contribution >= 0.6 is 11.3 Å². The van der Waals surface area contributed by atoms with Crippen LogP contribution in [-0.2, 0) is 0 Å². The molecule has 1 aliphatic rings. The molecule has 0 aliphatic carbocycles. The first-order valence-electron chi connectivity index (χ1n) is 9.48. The summed E-state index contributed by atoms with van der Waals surface area (Å²) in [5.74, 6) is 0.755. The number of benzene rings is 2. The van der Waals surface area contributed by atoms with Gasteiger partial charge in [0.15, 0.2) is 0 Å². The van der Waals surface area contributed by atoms with E-state index in [-0.39, 0.29) is 6.04 Å². The molecular formula is C22H21N5S.